The maximum Gasteiger partial charge on any atom is 0.203 e. The lowest BCUT2D eigenvalue weighted by Crippen LogP contribution is -2.20. The van der Waals surface area contributed by atoms with Crippen molar-refractivity contribution in [2.75, 3.05) is 19.7 Å². The van der Waals surface area contributed by atoms with E-state index in [0.717, 1.165) is 40.1 Å². The summed E-state index contributed by atoms with van der Waals surface area (Å²) in [4.78, 5) is 14.0. The van der Waals surface area contributed by atoms with E-state index < -0.39 is 0 Å². The molecule has 0 spiro atoms. The van der Waals surface area contributed by atoms with Crippen LogP contribution in [-0.4, -0.2) is 30.6 Å². The second kappa shape index (κ2) is 9.51. The number of ether oxygens (including phenoxy) is 1. The number of phenols is 1. The van der Waals surface area contributed by atoms with Crippen LogP contribution in [0.15, 0.2) is 60.7 Å². The van der Waals surface area contributed by atoms with E-state index in [1.807, 2.05) is 37.3 Å². The Morgan fingerprint density at radius 3 is 2.59 bits per heavy atom. The molecule has 0 radical (unpaired) electrons. The number of hydrogen-bond donors (Lipinski definition) is 2. The van der Waals surface area contributed by atoms with Gasteiger partial charge >= 0.3 is 0 Å². The van der Waals surface area contributed by atoms with E-state index in [0.29, 0.717) is 22.6 Å². The second-order valence-electron chi connectivity index (χ2n) is 7.50. The zero-order valence-electron chi connectivity index (χ0n) is 17.9. The SMILES string of the molecule is CCNCCOc1ccc(-c2c(C(=O)c3ccc(F)cc3C)sc3cc(O)ccc23)cc1. The summed E-state index contributed by atoms with van der Waals surface area (Å²) in [5.41, 5.74) is 2.74. The number of phenolic OH excluding ortho intramolecular Hbond substituents is 1. The molecule has 4 aromatic rings. The average molecular weight is 450 g/mol. The molecular formula is C26H24FNO3S. The third-order valence-corrected chi connectivity index (χ3v) is 6.40. The first-order valence-electron chi connectivity index (χ1n) is 10.5. The second-order valence-corrected chi connectivity index (χ2v) is 8.55. The maximum absolute atomic E-state index is 13.6. The fourth-order valence-corrected chi connectivity index (χ4v) is 4.88. The smallest absolute Gasteiger partial charge is 0.203 e. The lowest BCUT2D eigenvalue weighted by Gasteiger charge is -2.10. The number of carbonyl (C=O) groups is 1. The van der Waals surface area contributed by atoms with Gasteiger partial charge in [0, 0.05) is 27.8 Å². The quantitative estimate of drug-likeness (QED) is 0.258. The Morgan fingerprint density at radius 2 is 1.88 bits per heavy atom. The standard InChI is InChI=1S/C26H24FNO3S/c1-3-28-12-13-31-20-8-4-17(5-9-20)24-22-11-7-19(29)15-23(22)32-26(24)25(30)21-10-6-18(27)14-16(21)2/h4-11,14-15,28-29H,3,12-13H2,1-2H3. The van der Waals surface area contributed by atoms with E-state index in [1.54, 1.807) is 19.1 Å². The number of hydrogen-bond acceptors (Lipinski definition) is 5. The van der Waals surface area contributed by atoms with E-state index in [1.165, 1.54) is 29.5 Å². The number of fused-ring (bicyclic) bond motifs is 1. The van der Waals surface area contributed by atoms with Crippen LogP contribution in [0.5, 0.6) is 11.5 Å². The zero-order valence-corrected chi connectivity index (χ0v) is 18.8. The third kappa shape index (κ3) is 4.52. The predicted octanol–water partition coefficient (Wildman–Crippen LogP) is 5.94. The third-order valence-electron chi connectivity index (χ3n) is 5.25. The summed E-state index contributed by atoms with van der Waals surface area (Å²) in [5.74, 6) is 0.368. The van der Waals surface area contributed by atoms with Crippen LogP contribution in [0.4, 0.5) is 4.39 Å². The van der Waals surface area contributed by atoms with Gasteiger partial charge in [0.2, 0.25) is 5.78 Å². The van der Waals surface area contributed by atoms with Gasteiger partial charge in [0.05, 0.1) is 4.88 Å². The zero-order chi connectivity index (χ0) is 22.7. The van der Waals surface area contributed by atoms with Crippen molar-refractivity contribution in [3.8, 4) is 22.6 Å². The Kier molecular flexibility index (Phi) is 6.53. The number of rotatable bonds is 8. The van der Waals surface area contributed by atoms with Crippen LogP contribution in [0.2, 0.25) is 0 Å². The normalized spacial score (nSPS) is 11.1. The van der Waals surface area contributed by atoms with Gasteiger partial charge in [-0.1, -0.05) is 19.1 Å². The van der Waals surface area contributed by atoms with Crippen LogP contribution in [0.1, 0.15) is 27.7 Å². The molecule has 4 nitrogen and oxygen atoms in total. The van der Waals surface area contributed by atoms with Crippen molar-refractivity contribution >= 4 is 27.2 Å². The molecule has 0 aliphatic rings. The van der Waals surface area contributed by atoms with E-state index in [-0.39, 0.29) is 17.3 Å². The molecule has 0 amide bonds. The molecule has 3 aromatic carbocycles. The minimum atomic E-state index is -0.370. The number of benzene rings is 3. The summed E-state index contributed by atoms with van der Waals surface area (Å²) in [7, 11) is 0. The van der Waals surface area contributed by atoms with Gasteiger partial charge in [-0.15, -0.1) is 11.3 Å². The summed E-state index contributed by atoms with van der Waals surface area (Å²) in [6.45, 7) is 6.02. The van der Waals surface area contributed by atoms with Crippen LogP contribution < -0.4 is 10.1 Å². The molecule has 0 fully saturated rings. The van der Waals surface area contributed by atoms with Crippen LogP contribution >= 0.6 is 11.3 Å². The van der Waals surface area contributed by atoms with Gasteiger partial charge in [-0.25, -0.2) is 4.39 Å². The summed E-state index contributed by atoms with van der Waals surface area (Å²) in [5, 5.41) is 14.0. The van der Waals surface area contributed by atoms with Crippen molar-refractivity contribution in [1.82, 2.24) is 5.32 Å². The summed E-state index contributed by atoms with van der Waals surface area (Å²) < 4.78 is 20.2. The molecule has 0 aliphatic heterocycles. The summed E-state index contributed by atoms with van der Waals surface area (Å²) in [6.07, 6.45) is 0. The van der Waals surface area contributed by atoms with Gasteiger partial charge in [-0.2, -0.15) is 0 Å². The lowest BCUT2D eigenvalue weighted by atomic mass is 9.96. The highest BCUT2D eigenvalue weighted by atomic mass is 32.1. The summed E-state index contributed by atoms with van der Waals surface area (Å²) >= 11 is 1.33. The number of aromatic hydroxyl groups is 1. The molecule has 0 saturated heterocycles. The van der Waals surface area contributed by atoms with Gasteiger partial charge in [-0.05, 0) is 73.1 Å². The predicted molar refractivity (Wildman–Crippen MR) is 128 cm³/mol. The first-order valence-corrected chi connectivity index (χ1v) is 11.3. The molecule has 1 heterocycles. The van der Waals surface area contributed by atoms with Crippen molar-refractivity contribution < 1.29 is 19.0 Å². The minimum Gasteiger partial charge on any atom is -0.508 e. The first-order chi connectivity index (χ1) is 15.5. The van der Waals surface area contributed by atoms with E-state index in [2.05, 4.69) is 5.32 Å². The number of aryl methyl sites for hydroxylation is 1. The van der Waals surface area contributed by atoms with E-state index in [9.17, 15) is 14.3 Å². The van der Waals surface area contributed by atoms with Gasteiger partial charge in [-0.3, -0.25) is 4.79 Å². The van der Waals surface area contributed by atoms with Gasteiger partial charge in [0.25, 0.3) is 0 Å². The molecular weight excluding hydrogens is 425 g/mol. The Balaban J connectivity index is 1.75. The van der Waals surface area contributed by atoms with Crippen molar-refractivity contribution in [1.29, 1.82) is 0 Å². The summed E-state index contributed by atoms with van der Waals surface area (Å²) in [6, 6.07) is 17.0. The molecule has 2 N–H and O–H groups in total. The molecule has 0 aliphatic carbocycles. The molecule has 4 rings (SSSR count). The van der Waals surface area contributed by atoms with Crippen LogP contribution in [0, 0.1) is 12.7 Å². The van der Waals surface area contributed by atoms with Crippen molar-refractivity contribution in [3.63, 3.8) is 0 Å². The largest absolute Gasteiger partial charge is 0.508 e. The lowest BCUT2D eigenvalue weighted by molar-refractivity contribution is 0.104. The molecule has 32 heavy (non-hydrogen) atoms. The van der Waals surface area contributed by atoms with E-state index in [4.69, 9.17) is 4.74 Å². The Hall–Kier alpha value is -3.22. The number of halogens is 1. The highest BCUT2D eigenvalue weighted by Crippen LogP contribution is 2.41. The van der Waals surface area contributed by atoms with Crippen molar-refractivity contribution in [2.45, 2.75) is 13.8 Å². The Bertz CT molecular complexity index is 1260. The fraction of sp³-hybridized carbons (Fsp3) is 0.192. The molecule has 0 bridgehead atoms. The monoisotopic (exact) mass is 449 g/mol. The number of likely N-dealkylation sites (N-methyl/N-ethyl adjacent to an activating group) is 1. The van der Waals surface area contributed by atoms with E-state index >= 15 is 0 Å². The fourth-order valence-electron chi connectivity index (χ4n) is 3.67. The molecule has 0 atom stereocenters. The topological polar surface area (TPSA) is 58.6 Å². The Morgan fingerprint density at radius 1 is 1.09 bits per heavy atom. The highest BCUT2D eigenvalue weighted by molar-refractivity contribution is 7.21. The Labute approximate surface area is 190 Å². The van der Waals surface area contributed by atoms with Gasteiger partial charge in [0.15, 0.2) is 0 Å². The van der Waals surface area contributed by atoms with Crippen LogP contribution in [0.25, 0.3) is 21.2 Å². The minimum absolute atomic E-state index is 0.145. The first kappa shape index (κ1) is 22.0. The molecule has 6 heteroatoms. The van der Waals surface area contributed by atoms with Crippen molar-refractivity contribution in [3.05, 3.63) is 82.5 Å². The maximum atomic E-state index is 13.6. The molecule has 1 aromatic heterocycles. The number of thiophene rings is 1. The number of ketones is 1. The van der Waals surface area contributed by atoms with Gasteiger partial charge < -0.3 is 15.2 Å². The average Bonchev–Trinajstić information content (AvgIpc) is 3.15. The highest BCUT2D eigenvalue weighted by Gasteiger charge is 2.22. The number of carbonyl (C=O) groups excluding carboxylic acids is 1. The van der Waals surface area contributed by atoms with Crippen LogP contribution in [0.3, 0.4) is 0 Å². The molecule has 0 saturated carbocycles. The van der Waals surface area contributed by atoms with Crippen molar-refractivity contribution in [2.24, 2.45) is 0 Å². The number of nitrogens with one attached hydrogen (secondary N) is 1. The molecule has 0 unspecified atom stereocenters. The van der Waals surface area contributed by atoms with Gasteiger partial charge in [0.1, 0.15) is 23.9 Å². The molecule has 164 valence electrons. The van der Waals surface area contributed by atoms with Crippen LogP contribution in [-0.2, 0) is 0 Å².